The molecule has 2 heterocycles. The molecule has 0 saturated carbocycles. The molecule has 3 rings (SSSR count). The first-order valence-corrected chi connectivity index (χ1v) is 8.66. The largest absolute Gasteiger partial charge is 0.356 e. The molecule has 1 aliphatic rings. The van der Waals surface area contributed by atoms with E-state index >= 15 is 0 Å². The van der Waals surface area contributed by atoms with Gasteiger partial charge in [0.2, 0.25) is 5.91 Å². The number of nitrogens with one attached hydrogen (secondary N) is 1. The molecular formula is C19H25N3O. The summed E-state index contributed by atoms with van der Waals surface area (Å²) in [5, 5.41) is 4.22. The fraction of sp³-hybridized carbons (Fsp3) is 0.474. The number of unbranched alkanes of at least 4 members (excludes halogenated alkanes) is 1. The first kappa shape index (κ1) is 15.8. The molecule has 2 aromatic rings. The Morgan fingerprint density at radius 2 is 2.17 bits per heavy atom. The number of rotatable bonds is 5. The highest BCUT2D eigenvalue weighted by Gasteiger charge is 2.26. The first-order chi connectivity index (χ1) is 11.3. The summed E-state index contributed by atoms with van der Waals surface area (Å²) in [4.78, 5) is 19.3. The molecule has 1 amide bonds. The lowest BCUT2D eigenvalue weighted by molar-refractivity contribution is -0.125. The van der Waals surface area contributed by atoms with E-state index in [4.69, 9.17) is 4.98 Å². The molecule has 1 aromatic carbocycles. The molecule has 23 heavy (non-hydrogen) atoms. The highest BCUT2D eigenvalue weighted by molar-refractivity contribution is 5.81. The van der Waals surface area contributed by atoms with E-state index in [0.29, 0.717) is 0 Å². The van der Waals surface area contributed by atoms with Crippen molar-refractivity contribution in [1.29, 1.82) is 0 Å². The second-order valence-electron chi connectivity index (χ2n) is 6.29. The van der Waals surface area contributed by atoms with Crippen LogP contribution in [0.4, 0.5) is 5.82 Å². The number of carbonyl (C=O) groups excluding carboxylic acids is 1. The molecule has 1 N–H and O–H groups in total. The number of pyridine rings is 1. The zero-order valence-corrected chi connectivity index (χ0v) is 13.8. The number of fused-ring (bicyclic) bond motifs is 1. The fourth-order valence-corrected chi connectivity index (χ4v) is 3.16. The van der Waals surface area contributed by atoms with Crippen LogP contribution in [0.1, 0.15) is 32.6 Å². The number of amides is 1. The zero-order chi connectivity index (χ0) is 16.1. The van der Waals surface area contributed by atoms with Gasteiger partial charge in [-0.2, -0.15) is 0 Å². The molecule has 4 heteroatoms. The maximum atomic E-state index is 12.3. The Kier molecular flexibility index (Phi) is 5.11. The molecule has 1 saturated heterocycles. The van der Waals surface area contributed by atoms with E-state index in [1.807, 2.05) is 18.2 Å². The van der Waals surface area contributed by atoms with E-state index in [2.05, 4.69) is 35.3 Å². The maximum Gasteiger partial charge on any atom is 0.224 e. The van der Waals surface area contributed by atoms with Crippen LogP contribution in [0.25, 0.3) is 10.9 Å². The molecule has 1 atom stereocenters. The van der Waals surface area contributed by atoms with Crippen LogP contribution in [-0.4, -0.2) is 30.5 Å². The number of para-hydroxylation sites is 1. The number of piperidine rings is 1. The normalized spacial score (nSPS) is 18.1. The summed E-state index contributed by atoms with van der Waals surface area (Å²) in [6.07, 6.45) is 4.18. The summed E-state index contributed by atoms with van der Waals surface area (Å²) in [5.41, 5.74) is 1.01. The van der Waals surface area contributed by atoms with Gasteiger partial charge in [-0.05, 0) is 37.5 Å². The molecule has 1 unspecified atom stereocenters. The minimum absolute atomic E-state index is 0.0777. The van der Waals surface area contributed by atoms with Gasteiger partial charge in [0.1, 0.15) is 5.82 Å². The minimum Gasteiger partial charge on any atom is -0.356 e. The van der Waals surface area contributed by atoms with E-state index in [0.717, 1.165) is 62.0 Å². The van der Waals surface area contributed by atoms with Gasteiger partial charge in [-0.1, -0.05) is 31.5 Å². The van der Waals surface area contributed by atoms with Crippen molar-refractivity contribution in [1.82, 2.24) is 10.3 Å². The van der Waals surface area contributed by atoms with E-state index in [1.165, 1.54) is 0 Å². The van der Waals surface area contributed by atoms with Gasteiger partial charge in [0.25, 0.3) is 0 Å². The molecule has 0 radical (unpaired) electrons. The molecule has 4 nitrogen and oxygen atoms in total. The van der Waals surface area contributed by atoms with Crippen LogP contribution in [0.15, 0.2) is 36.4 Å². The van der Waals surface area contributed by atoms with Gasteiger partial charge in [-0.15, -0.1) is 0 Å². The summed E-state index contributed by atoms with van der Waals surface area (Å²) < 4.78 is 0. The lowest BCUT2D eigenvalue weighted by atomic mass is 9.97. The topological polar surface area (TPSA) is 45.2 Å². The monoisotopic (exact) mass is 311 g/mol. The molecule has 1 aromatic heterocycles. The van der Waals surface area contributed by atoms with E-state index in [-0.39, 0.29) is 11.8 Å². The molecule has 0 spiro atoms. The third-order valence-electron chi connectivity index (χ3n) is 4.53. The van der Waals surface area contributed by atoms with Gasteiger partial charge in [-0.25, -0.2) is 4.98 Å². The van der Waals surface area contributed by atoms with Crippen molar-refractivity contribution in [2.24, 2.45) is 5.92 Å². The summed E-state index contributed by atoms with van der Waals surface area (Å²) in [7, 11) is 0. The van der Waals surface area contributed by atoms with Gasteiger partial charge >= 0.3 is 0 Å². The van der Waals surface area contributed by atoms with Crippen LogP contribution in [0.5, 0.6) is 0 Å². The number of benzene rings is 1. The third-order valence-corrected chi connectivity index (χ3v) is 4.53. The van der Waals surface area contributed by atoms with Gasteiger partial charge in [0, 0.05) is 25.0 Å². The number of hydrogen-bond donors (Lipinski definition) is 1. The first-order valence-electron chi connectivity index (χ1n) is 8.66. The van der Waals surface area contributed by atoms with Gasteiger partial charge < -0.3 is 10.2 Å². The predicted molar refractivity (Wildman–Crippen MR) is 94.6 cm³/mol. The molecule has 0 bridgehead atoms. The summed E-state index contributed by atoms with van der Waals surface area (Å²) >= 11 is 0. The van der Waals surface area contributed by atoms with Gasteiger partial charge in [0.15, 0.2) is 0 Å². The van der Waals surface area contributed by atoms with Crippen molar-refractivity contribution < 1.29 is 4.79 Å². The lowest BCUT2D eigenvalue weighted by Gasteiger charge is -2.33. The quantitative estimate of drug-likeness (QED) is 0.861. The number of anilines is 1. The van der Waals surface area contributed by atoms with Crippen LogP contribution >= 0.6 is 0 Å². The second-order valence-corrected chi connectivity index (χ2v) is 6.29. The number of hydrogen-bond acceptors (Lipinski definition) is 3. The highest BCUT2D eigenvalue weighted by Crippen LogP contribution is 2.24. The van der Waals surface area contributed by atoms with Gasteiger partial charge in [0.05, 0.1) is 11.4 Å². The maximum absolute atomic E-state index is 12.3. The predicted octanol–water partition coefficient (Wildman–Crippen LogP) is 3.37. The van der Waals surface area contributed by atoms with E-state index in [1.54, 1.807) is 0 Å². The SMILES string of the molecule is CCCCNC(=O)C1CCCN(c2ccc3ccccc3n2)C1. The van der Waals surface area contributed by atoms with Gasteiger partial charge in [-0.3, -0.25) is 4.79 Å². The average Bonchev–Trinajstić information content (AvgIpc) is 2.61. The second kappa shape index (κ2) is 7.44. The standard InChI is InChI=1S/C19H25N3O/c1-2-3-12-20-19(23)16-8-6-13-22(14-16)18-11-10-15-7-4-5-9-17(15)21-18/h4-5,7,9-11,16H,2-3,6,8,12-14H2,1H3,(H,20,23). The summed E-state index contributed by atoms with van der Waals surface area (Å²) in [6.45, 7) is 4.67. The Labute approximate surface area is 137 Å². The molecule has 1 aliphatic heterocycles. The molecule has 122 valence electrons. The fourth-order valence-electron chi connectivity index (χ4n) is 3.16. The van der Waals surface area contributed by atoms with Crippen molar-refractivity contribution in [3.63, 3.8) is 0 Å². The van der Waals surface area contributed by atoms with Crippen molar-refractivity contribution in [3.05, 3.63) is 36.4 Å². The van der Waals surface area contributed by atoms with Crippen molar-refractivity contribution in [2.45, 2.75) is 32.6 Å². The van der Waals surface area contributed by atoms with Crippen LogP contribution < -0.4 is 10.2 Å². The Balaban J connectivity index is 1.68. The summed E-state index contributed by atoms with van der Waals surface area (Å²) in [6, 6.07) is 12.3. The average molecular weight is 311 g/mol. The molecular weight excluding hydrogens is 286 g/mol. The Morgan fingerprint density at radius 3 is 3.04 bits per heavy atom. The number of aromatic nitrogens is 1. The Morgan fingerprint density at radius 1 is 1.30 bits per heavy atom. The highest BCUT2D eigenvalue weighted by atomic mass is 16.1. The Bertz CT molecular complexity index is 670. The van der Waals surface area contributed by atoms with Crippen LogP contribution in [0.3, 0.4) is 0 Å². The van der Waals surface area contributed by atoms with Crippen LogP contribution in [0.2, 0.25) is 0 Å². The Hall–Kier alpha value is -2.10. The van der Waals surface area contributed by atoms with Crippen molar-refractivity contribution >= 4 is 22.6 Å². The van der Waals surface area contributed by atoms with E-state index in [9.17, 15) is 4.79 Å². The molecule has 0 aliphatic carbocycles. The van der Waals surface area contributed by atoms with Crippen LogP contribution in [-0.2, 0) is 4.79 Å². The van der Waals surface area contributed by atoms with Crippen molar-refractivity contribution in [3.8, 4) is 0 Å². The minimum atomic E-state index is 0.0777. The smallest absolute Gasteiger partial charge is 0.224 e. The number of carbonyl (C=O) groups is 1. The summed E-state index contributed by atoms with van der Waals surface area (Å²) in [5.74, 6) is 1.26. The molecule has 1 fully saturated rings. The number of nitrogens with zero attached hydrogens (tertiary/aromatic N) is 2. The van der Waals surface area contributed by atoms with Crippen LogP contribution in [0, 0.1) is 5.92 Å². The van der Waals surface area contributed by atoms with E-state index < -0.39 is 0 Å². The van der Waals surface area contributed by atoms with Crippen molar-refractivity contribution in [2.75, 3.05) is 24.5 Å². The zero-order valence-electron chi connectivity index (χ0n) is 13.8. The third kappa shape index (κ3) is 3.81. The lowest BCUT2D eigenvalue weighted by Crippen LogP contribution is -2.43.